The quantitative estimate of drug-likeness (QED) is 0.552. The summed E-state index contributed by atoms with van der Waals surface area (Å²) in [6.07, 6.45) is 2.70. The molecule has 98 valence electrons. The fourth-order valence-corrected chi connectivity index (χ4v) is 2.05. The van der Waals surface area contributed by atoms with Crippen molar-refractivity contribution in [3.63, 3.8) is 0 Å². The van der Waals surface area contributed by atoms with Gasteiger partial charge in [-0.1, -0.05) is 18.2 Å². The molecule has 0 aromatic heterocycles. The Hall–Kier alpha value is -1.01. The molecule has 0 aliphatic carbocycles. The van der Waals surface area contributed by atoms with Crippen molar-refractivity contribution in [1.82, 2.24) is 4.31 Å². The Morgan fingerprint density at radius 1 is 1.59 bits per heavy atom. The number of ether oxygens (including phenoxy) is 1. The van der Waals surface area contributed by atoms with Crippen molar-refractivity contribution < 1.29 is 13.2 Å². The van der Waals surface area contributed by atoms with E-state index < -0.39 is 10.0 Å². The molecule has 0 aromatic carbocycles. The first-order chi connectivity index (χ1) is 7.82. The normalized spacial score (nSPS) is 12.8. The molecule has 0 rings (SSSR count). The number of sulfonamides is 1. The van der Waals surface area contributed by atoms with Crippen molar-refractivity contribution in [2.75, 3.05) is 19.4 Å². The van der Waals surface area contributed by atoms with Crippen LogP contribution in [0.4, 0.5) is 0 Å². The van der Waals surface area contributed by atoms with Gasteiger partial charge in [-0.15, -0.1) is 0 Å². The maximum atomic E-state index is 11.4. The molecule has 17 heavy (non-hydrogen) atoms. The highest BCUT2D eigenvalue weighted by Crippen LogP contribution is 2.09. The summed E-state index contributed by atoms with van der Waals surface area (Å²) in [7, 11) is -3.35. The van der Waals surface area contributed by atoms with Gasteiger partial charge in [0.15, 0.2) is 5.90 Å². The monoisotopic (exact) mass is 280 g/mol. The summed E-state index contributed by atoms with van der Waals surface area (Å²) in [5, 5.41) is 0. The number of aliphatic imine (C=N–C) groups is 1. The summed E-state index contributed by atoms with van der Waals surface area (Å²) in [5.74, 6) is 0.453. The fourth-order valence-electron chi connectivity index (χ4n) is 1.08. The third-order valence-corrected chi connectivity index (χ3v) is 3.19. The van der Waals surface area contributed by atoms with Crippen molar-refractivity contribution in [1.29, 1.82) is 0 Å². The van der Waals surface area contributed by atoms with E-state index in [1.54, 1.807) is 19.9 Å². The molecule has 0 unspecified atom stereocenters. The smallest absolute Gasteiger partial charge is 0.233 e. The van der Waals surface area contributed by atoms with Gasteiger partial charge in [-0.25, -0.2) is 13.4 Å². The second kappa shape index (κ2) is 7.34. The lowest BCUT2D eigenvalue weighted by molar-refractivity contribution is 0.345. The van der Waals surface area contributed by atoms with Gasteiger partial charge in [0.1, 0.15) is 12.4 Å². The van der Waals surface area contributed by atoms with Gasteiger partial charge in [-0.05, 0) is 13.0 Å². The Bertz CT molecular complexity index is 415. The van der Waals surface area contributed by atoms with Crippen LogP contribution >= 0.6 is 11.6 Å². The van der Waals surface area contributed by atoms with E-state index in [0.29, 0.717) is 5.90 Å². The Balaban J connectivity index is 4.65. The van der Waals surface area contributed by atoms with Gasteiger partial charge in [0.25, 0.3) is 0 Å². The molecule has 0 bridgehead atoms. The highest BCUT2D eigenvalue weighted by molar-refractivity contribution is 7.88. The molecule has 0 N–H and O–H groups in total. The van der Waals surface area contributed by atoms with Gasteiger partial charge in [0.05, 0.1) is 6.26 Å². The molecule has 0 saturated carbocycles. The van der Waals surface area contributed by atoms with Gasteiger partial charge in [-0.2, -0.15) is 0 Å². The summed E-state index contributed by atoms with van der Waals surface area (Å²) in [5.41, 5.74) is 1.33. The van der Waals surface area contributed by atoms with Gasteiger partial charge < -0.3 is 4.74 Å². The van der Waals surface area contributed by atoms with Crippen LogP contribution in [0.25, 0.3) is 0 Å². The van der Waals surface area contributed by atoms with E-state index in [9.17, 15) is 8.42 Å². The highest BCUT2D eigenvalue weighted by Gasteiger charge is 2.15. The van der Waals surface area contributed by atoms with Gasteiger partial charge in [0, 0.05) is 19.0 Å². The predicted octanol–water partition coefficient (Wildman–Crippen LogP) is 1.93. The Morgan fingerprint density at radius 2 is 2.18 bits per heavy atom. The van der Waals surface area contributed by atoms with Crippen molar-refractivity contribution in [3.8, 4) is 0 Å². The van der Waals surface area contributed by atoms with E-state index in [2.05, 4.69) is 11.6 Å². The van der Waals surface area contributed by atoms with Gasteiger partial charge in [0.2, 0.25) is 10.0 Å². The number of nitrogens with zero attached hydrogens (tertiary/aromatic N) is 2. The van der Waals surface area contributed by atoms with Crippen molar-refractivity contribution >= 4 is 27.5 Å². The Kier molecular flexibility index (Phi) is 6.91. The number of rotatable bonds is 6. The second-order valence-electron chi connectivity index (χ2n) is 3.15. The lowest BCUT2D eigenvalue weighted by atomic mass is 10.6. The third kappa shape index (κ3) is 6.33. The van der Waals surface area contributed by atoms with Crippen molar-refractivity contribution in [3.05, 3.63) is 24.0 Å². The predicted molar refractivity (Wildman–Crippen MR) is 70.4 cm³/mol. The molecule has 0 aromatic rings. The molecular formula is C10H17ClN2O3S. The Morgan fingerprint density at radius 3 is 2.59 bits per heavy atom. The molecule has 7 heteroatoms. The van der Waals surface area contributed by atoms with E-state index in [4.69, 9.17) is 16.3 Å². The molecule has 0 radical (unpaired) electrons. The standard InChI is InChI=1S/C10H17ClN2O3S/c1-5-13(17(4,14)15)9(2)12-10(3)16-8-6-7-11/h6-7H,2,5,8H2,1,3-4H3/b7-6-,12-10+. The molecule has 0 saturated heterocycles. The zero-order valence-corrected chi connectivity index (χ0v) is 11.8. The summed E-state index contributed by atoms with van der Waals surface area (Å²) in [4.78, 5) is 3.96. The molecule has 5 nitrogen and oxygen atoms in total. The van der Waals surface area contributed by atoms with Crippen LogP contribution in [0.5, 0.6) is 0 Å². The minimum atomic E-state index is -3.35. The largest absolute Gasteiger partial charge is 0.477 e. The number of halogens is 1. The molecule has 0 heterocycles. The van der Waals surface area contributed by atoms with Crippen LogP contribution in [-0.2, 0) is 14.8 Å². The van der Waals surface area contributed by atoms with Crippen LogP contribution in [0.1, 0.15) is 13.8 Å². The molecule has 0 amide bonds. The average molecular weight is 281 g/mol. The molecule has 0 aliphatic rings. The summed E-state index contributed by atoms with van der Waals surface area (Å²) in [6, 6.07) is 0. The first-order valence-corrected chi connectivity index (χ1v) is 7.21. The van der Waals surface area contributed by atoms with Crippen LogP contribution in [-0.4, -0.2) is 38.0 Å². The van der Waals surface area contributed by atoms with E-state index in [-0.39, 0.29) is 19.0 Å². The van der Waals surface area contributed by atoms with E-state index in [0.717, 1.165) is 10.6 Å². The maximum absolute atomic E-state index is 11.4. The molecule has 0 spiro atoms. The first-order valence-electron chi connectivity index (χ1n) is 4.92. The topological polar surface area (TPSA) is 59.0 Å². The summed E-state index contributed by atoms with van der Waals surface area (Å²) in [6.45, 7) is 7.46. The van der Waals surface area contributed by atoms with E-state index in [1.807, 2.05) is 0 Å². The first kappa shape index (κ1) is 16.0. The minimum Gasteiger partial charge on any atom is -0.477 e. The summed E-state index contributed by atoms with van der Waals surface area (Å²) < 4.78 is 29.0. The number of hydrogen-bond acceptors (Lipinski definition) is 4. The second-order valence-corrected chi connectivity index (χ2v) is 5.31. The molecule has 0 aliphatic heterocycles. The lowest BCUT2D eigenvalue weighted by Crippen LogP contribution is -2.28. The van der Waals surface area contributed by atoms with E-state index in [1.165, 1.54) is 5.54 Å². The minimum absolute atomic E-state index is 0.127. The molecule has 0 fully saturated rings. The van der Waals surface area contributed by atoms with Crippen LogP contribution in [0, 0.1) is 0 Å². The Labute approximate surface area is 107 Å². The molecular weight excluding hydrogens is 264 g/mol. The fraction of sp³-hybridized carbons (Fsp3) is 0.500. The van der Waals surface area contributed by atoms with Crippen LogP contribution < -0.4 is 0 Å². The SMILES string of the molecule is C=C(/N=C(\C)OC/C=C\Cl)N(CC)S(C)(=O)=O. The summed E-state index contributed by atoms with van der Waals surface area (Å²) >= 11 is 5.32. The molecule has 0 atom stereocenters. The average Bonchev–Trinajstić information content (AvgIpc) is 2.16. The van der Waals surface area contributed by atoms with Crippen molar-refractivity contribution in [2.24, 2.45) is 4.99 Å². The lowest BCUT2D eigenvalue weighted by Gasteiger charge is -2.19. The zero-order chi connectivity index (χ0) is 13.5. The van der Waals surface area contributed by atoms with Crippen LogP contribution in [0.3, 0.4) is 0 Å². The van der Waals surface area contributed by atoms with Gasteiger partial charge >= 0.3 is 0 Å². The van der Waals surface area contributed by atoms with Crippen LogP contribution in [0.15, 0.2) is 29.0 Å². The van der Waals surface area contributed by atoms with Gasteiger partial charge in [-0.3, -0.25) is 4.31 Å². The zero-order valence-electron chi connectivity index (χ0n) is 10.2. The van der Waals surface area contributed by atoms with E-state index >= 15 is 0 Å². The third-order valence-electron chi connectivity index (χ3n) is 1.74. The number of hydrogen-bond donors (Lipinski definition) is 0. The maximum Gasteiger partial charge on any atom is 0.233 e. The highest BCUT2D eigenvalue weighted by atomic mass is 35.5. The van der Waals surface area contributed by atoms with Crippen molar-refractivity contribution in [2.45, 2.75) is 13.8 Å². The van der Waals surface area contributed by atoms with Crippen LogP contribution in [0.2, 0.25) is 0 Å².